The van der Waals surface area contributed by atoms with Crippen molar-refractivity contribution in [3.05, 3.63) is 76.5 Å². The molecule has 0 bridgehead atoms. The van der Waals surface area contributed by atoms with E-state index in [1.54, 1.807) is 43.5 Å². The van der Waals surface area contributed by atoms with E-state index in [4.69, 9.17) is 0 Å². The van der Waals surface area contributed by atoms with Gasteiger partial charge in [-0.3, -0.25) is 14.4 Å². The van der Waals surface area contributed by atoms with E-state index in [9.17, 15) is 18.8 Å². The van der Waals surface area contributed by atoms with Crippen molar-refractivity contribution in [2.75, 3.05) is 13.1 Å². The fourth-order valence-corrected chi connectivity index (χ4v) is 5.28. The van der Waals surface area contributed by atoms with Gasteiger partial charge in [-0.25, -0.2) is 9.07 Å². The minimum absolute atomic E-state index is 0.0617. The van der Waals surface area contributed by atoms with Gasteiger partial charge in [-0.1, -0.05) is 12.1 Å². The maximum Gasteiger partial charge on any atom is 0.258 e. The summed E-state index contributed by atoms with van der Waals surface area (Å²) in [7, 11) is 0. The van der Waals surface area contributed by atoms with Crippen molar-refractivity contribution in [1.29, 1.82) is 0 Å². The van der Waals surface area contributed by atoms with E-state index in [0.717, 1.165) is 0 Å². The van der Waals surface area contributed by atoms with E-state index in [-0.39, 0.29) is 40.3 Å². The molecule has 1 saturated heterocycles. The van der Waals surface area contributed by atoms with Gasteiger partial charge in [0.25, 0.3) is 11.5 Å². The van der Waals surface area contributed by atoms with Crippen LogP contribution in [0.4, 0.5) is 4.39 Å². The summed E-state index contributed by atoms with van der Waals surface area (Å²) < 4.78 is 15.1. The largest absolute Gasteiger partial charge is 0.348 e. The highest BCUT2D eigenvalue weighted by molar-refractivity contribution is 5.95. The topological polar surface area (TPSA) is 113 Å². The molecule has 4 aromatic rings. The summed E-state index contributed by atoms with van der Waals surface area (Å²) in [6, 6.07) is 12.7. The molecule has 0 spiro atoms. The van der Waals surface area contributed by atoms with Crippen molar-refractivity contribution in [1.82, 2.24) is 30.2 Å². The lowest BCUT2D eigenvalue weighted by atomic mass is 10.1. The van der Waals surface area contributed by atoms with Crippen LogP contribution in [-0.4, -0.2) is 55.8 Å². The molecule has 36 heavy (non-hydrogen) atoms. The number of H-pyrrole nitrogens is 1. The maximum absolute atomic E-state index is 13.6. The molecule has 182 valence electrons. The molecule has 2 amide bonds. The smallest absolute Gasteiger partial charge is 0.258 e. The van der Waals surface area contributed by atoms with Crippen LogP contribution in [0.15, 0.2) is 59.5 Å². The van der Waals surface area contributed by atoms with Gasteiger partial charge in [0, 0.05) is 53.9 Å². The summed E-state index contributed by atoms with van der Waals surface area (Å²) in [5, 5.41) is 11.9. The van der Waals surface area contributed by atoms with E-state index < -0.39 is 5.82 Å². The number of pyridine rings is 1. The Bertz CT molecular complexity index is 1590. The highest BCUT2D eigenvalue weighted by Gasteiger charge is 2.67. The Morgan fingerprint density at radius 1 is 1.17 bits per heavy atom. The van der Waals surface area contributed by atoms with Crippen LogP contribution in [-0.2, 0) is 4.79 Å². The van der Waals surface area contributed by atoms with Gasteiger partial charge in [0.05, 0.1) is 17.4 Å². The normalized spacial score (nSPS) is 22.5. The Morgan fingerprint density at radius 3 is 2.64 bits per heavy atom. The lowest BCUT2D eigenvalue weighted by molar-refractivity contribution is -0.128. The summed E-state index contributed by atoms with van der Waals surface area (Å²) in [5.74, 6) is -0.205. The van der Waals surface area contributed by atoms with Gasteiger partial charge >= 0.3 is 0 Å². The van der Waals surface area contributed by atoms with Crippen molar-refractivity contribution in [2.24, 2.45) is 11.3 Å². The number of amides is 2. The number of rotatable bonds is 4. The fraction of sp³-hybridized carbons (Fsp3) is 0.269. The number of nitrogens with zero attached hydrogens (tertiary/aromatic N) is 4. The number of benzene rings is 2. The third-order valence-electron chi connectivity index (χ3n) is 7.50. The van der Waals surface area contributed by atoms with Crippen LogP contribution >= 0.6 is 0 Å². The number of carbonyl (C=O) groups is 2. The minimum atomic E-state index is -0.398. The van der Waals surface area contributed by atoms with Crippen LogP contribution in [0, 0.1) is 17.2 Å². The quantitative estimate of drug-likeness (QED) is 0.460. The predicted octanol–water partition coefficient (Wildman–Crippen LogP) is 2.51. The van der Waals surface area contributed by atoms with Crippen molar-refractivity contribution < 1.29 is 14.0 Å². The van der Waals surface area contributed by atoms with Crippen LogP contribution in [0.25, 0.3) is 27.8 Å². The molecule has 3 atom stereocenters. The first kappa shape index (κ1) is 22.1. The first-order valence-electron chi connectivity index (χ1n) is 11.6. The molecule has 0 unspecified atom stereocenters. The maximum atomic E-state index is 13.6. The first-order valence-corrected chi connectivity index (χ1v) is 11.6. The molecule has 9 nitrogen and oxygen atoms in total. The lowest BCUT2D eigenvalue weighted by Gasteiger charge is -2.21. The van der Waals surface area contributed by atoms with Crippen molar-refractivity contribution in [2.45, 2.75) is 19.9 Å². The Kier molecular flexibility index (Phi) is 4.82. The number of carbonyl (C=O) groups excluding carboxylic acids is 2. The molecule has 10 heteroatoms. The second kappa shape index (κ2) is 7.84. The van der Waals surface area contributed by atoms with Crippen LogP contribution in [0.2, 0.25) is 0 Å². The van der Waals surface area contributed by atoms with Crippen LogP contribution in [0.5, 0.6) is 0 Å². The zero-order valence-corrected chi connectivity index (χ0v) is 19.7. The van der Waals surface area contributed by atoms with Gasteiger partial charge in [0.1, 0.15) is 11.5 Å². The lowest BCUT2D eigenvalue weighted by Crippen LogP contribution is -2.38. The molecule has 2 aliphatic rings. The van der Waals surface area contributed by atoms with Gasteiger partial charge in [-0.2, -0.15) is 0 Å². The summed E-state index contributed by atoms with van der Waals surface area (Å²) in [6.45, 7) is 5.02. The zero-order valence-electron chi connectivity index (χ0n) is 19.7. The number of nitrogens with one attached hydrogen (secondary N) is 2. The van der Waals surface area contributed by atoms with Crippen molar-refractivity contribution in [3.63, 3.8) is 0 Å². The highest BCUT2D eigenvalue weighted by Crippen LogP contribution is 2.57. The van der Waals surface area contributed by atoms with E-state index in [1.165, 1.54) is 22.9 Å². The third kappa shape index (κ3) is 3.57. The molecule has 2 aromatic heterocycles. The Morgan fingerprint density at radius 2 is 1.94 bits per heavy atom. The Labute approximate surface area is 204 Å². The van der Waals surface area contributed by atoms with Gasteiger partial charge in [-0.05, 0) is 48.5 Å². The van der Waals surface area contributed by atoms with E-state index in [0.29, 0.717) is 40.9 Å². The number of likely N-dealkylation sites (tertiary alicyclic amines) is 1. The molecule has 1 saturated carbocycles. The molecular formula is C26H23FN6O3. The average molecular weight is 487 g/mol. The number of hydrogen-bond acceptors (Lipinski definition) is 5. The van der Waals surface area contributed by atoms with Gasteiger partial charge in [-0.15, -0.1) is 5.10 Å². The third-order valence-corrected chi connectivity index (χ3v) is 7.50. The molecule has 2 N–H and O–H groups in total. The number of fused-ring (bicyclic) bond motifs is 2. The van der Waals surface area contributed by atoms with E-state index in [1.807, 2.05) is 4.90 Å². The van der Waals surface area contributed by atoms with Gasteiger partial charge in [0.15, 0.2) is 0 Å². The molecule has 1 aliphatic carbocycles. The first-order chi connectivity index (χ1) is 17.2. The standard InChI is InChI=1S/C26H23FN6O3/c1-14(34)32-11-20-23(26(20,2)13-32)29-24(35)15-3-6-18(7-4-15)33-12-22(30-31-33)19-10-16-9-17(27)5-8-21(16)28-25(19)36/h3-10,12,20,23H,11,13H2,1-2H3,(H,28,36)(H,29,35)/t20-,23-,26-/m0/s1. The van der Waals surface area contributed by atoms with E-state index >= 15 is 0 Å². The monoisotopic (exact) mass is 486 g/mol. The minimum Gasteiger partial charge on any atom is -0.348 e. The van der Waals surface area contributed by atoms with Crippen LogP contribution < -0.4 is 10.9 Å². The molecule has 2 aromatic carbocycles. The summed E-state index contributed by atoms with van der Waals surface area (Å²) >= 11 is 0. The fourth-order valence-electron chi connectivity index (χ4n) is 5.28. The van der Waals surface area contributed by atoms with Crippen molar-refractivity contribution in [3.8, 4) is 16.9 Å². The number of halogens is 1. The zero-order chi connectivity index (χ0) is 25.2. The molecule has 0 radical (unpaired) electrons. The molecule has 2 fully saturated rings. The van der Waals surface area contributed by atoms with E-state index in [2.05, 4.69) is 27.5 Å². The number of aromatic nitrogens is 4. The summed E-state index contributed by atoms with van der Waals surface area (Å²) in [4.78, 5) is 41.5. The highest BCUT2D eigenvalue weighted by atomic mass is 19.1. The second-order valence-electron chi connectivity index (χ2n) is 9.80. The Balaban J connectivity index is 1.17. The molecule has 3 heterocycles. The average Bonchev–Trinajstić information content (AvgIpc) is 3.23. The molecule has 6 rings (SSSR count). The number of piperidine rings is 1. The van der Waals surface area contributed by atoms with Crippen LogP contribution in [0.1, 0.15) is 24.2 Å². The Hall–Kier alpha value is -4.34. The number of hydrogen-bond donors (Lipinski definition) is 2. The number of aromatic amines is 1. The molecular weight excluding hydrogens is 463 g/mol. The SMILES string of the molecule is CC(=O)N1C[C@H]2[C@H](NC(=O)c3ccc(-n4cc(-c5cc6cc(F)ccc6[nH]c5=O)nn4)cc3)[C@@]2(C)C1. The van der Waals surface area contributed by atoms with Gasteiger partial charge in [0.2, 0.25) is 5.91 Å². The summed E-state index contributed by atoms with van der Waals surface area (Å²) in [5.41, 5.74) is 1.93. The molecule has 1 aliphatic heterocycles. The predicted molar refractivity (Wildman–Crippen MR) is 130 cm³/mol. The second-order valence-corrected chi connectivity index (χ2v) is 9.80. The van der Waals surface area contributed by atoms with Crippen molar-refractivity contribution >= 4 is 22.7 Å². The van der Waals surface area contributed by atoms with Crippen LogP contribution in [0.3, 0.4) is 0 Å². The van der Waals surface area contributed by atoms with Gasteiger partial charge < -0.3 is 15.2 Å². The summed E-state index contributed by atoms with van der Waals surface area (Å²) in [6.07, 6.45) is 1.61.